The fraction of sp³-hybridized carbons (Fsp3) is 0.350. The molecule has 2 rings (SSSR count). The summed E-state index contributed by atoms with van der Waals surface area (Å²) in [5.41, 5.74) is 6.40. The van der Waals surface area contributed by atoms with Crippen molar-refractivity contribution in [3.8, 4) is 5.75 Å². The maximum absolute atomic E-state index is 11.5. The first-order valence-electron chi connectivity index (χ1n) is 8.12. The number of carbonyl (C=O) groups is 1. The Morgan fingerprint density at radius 1 is 1.08 bits per heavy atom. The lowest BCUT2D eigenvalue weighted by Crippen LogP contribution is -2.14. The number of methoxy groups -OCH3 is 1. The molecule has 0 radical (unpaired) electrons. The lowest BCUT2D eigenvalue weighted by molar-refractivity contribution is 0.187. The van der Waals surface area contributed by atoms with Crippen LogP contribution in [0.4, 0.5) is 10.5 Å². The molecule has 0 aromatic heterocycles. The molecular formula is C20H25NO3. The summed E-state index contributed by atoms with van der Waals surface area (Å²) in [6, 6.07) is 10.0. The molecule has 128 valence electrons. The number of hydrogen-bond donors (Lipinski definition) is 1. The molecule has 0 heterocycles. The summed E-state index contributed by atoms with van der Waals surface area (Å²) in [4.78, 5) is 11.5. The number of anilines is 1. The van der Waals surface area contributed by atoms with Gasteiger partial charge in [-0.15, -0.1) is 0 Å². The summed E-state index contributed by atoms with van der Waals surface area (Å²) in [6.07, 6.45) is 0.527. The molecule has 0 saturated heterocycles. The number of ether oxygens (including phenoxy) is 2. The standard InChI is InChI=1S/C20H25NO3/c1-6-16-10-15(4)19(11-14(16)3)24-12-17-13(2)8-7-9-18(17)21-20(22)23-5/h7-11H,6,12H2,1-5H3,(H,21,22). The van der Waals surface area contributed by atoms with Crippen LogP contribution < -0.4 is 10.1 Å². The van der Waals surface area contributed by atoms with Crippen LogP contribution in [0, 0.1) is 20.8 Å². The van der Waals surface area contributed by atoms with E-state index < -0.39 is 6.09 Å². The first-order valence-corrected chi connectivity index (χ1v) is 8.12. The summed E-state index contributed by atoms with van der Waals surface area (Å²) in [5, 5.41) is 2.74. The van der Waals surface area contributed by atoms with E-state index in [1.807, 2.05) is 25.1 Å². The van der Waals surface area contributed by atoms with Gasteiger partial charge in [-0.3, -0.25) is 5.32 Å². The van der Waals surface area contributed by atoms with E-state index in [0.717, 1.165) is 28.9 Å². The van der Waals surface area contributed by atoms with E-state index in [-0.39, 0.29) is 0 Å². The Labute approximate surface area is 143 Å². The Hall–Kier alpha value is -2.49. The van der Waals surface area contributed by atoms with E-state index in [2.05, 4.69) is 43.0 Å². The average molecular weight is 327 g/mol. The second kappa shape index (κ2) is 7.86. The first kappa shape index (κ1) is 17.9. The summed E-state index contributed by atoms with van der Waals surface area (Å²) >= 11 is 0. The van der Waals surface area contributed by atoms with Gasteiger partial charge in [0.25, 0.3) is 0 Å². The number of nitrogens with one attached hydrogen (secondary N) is 1. The van der Waals surface area contributed by atoms with Gasteiger partial charge in [-0.25, -0.2) is 4.79 Å². The first-order chi connectivity index (χ1) is 11.5. The monoisotopic (exact) mass is 327 g/mol. The normalized spacial score (nSPS) is 10.4. The zero-order valence-electron chi connectivity index (χ0n) is 15.0. The number of amides is 1. The molecule has 1 N–H and O–H groups in total. The third-order valence-electron chi connectivity index (χ3n) is 4.22. The lowest BCUT2D eigenvalue weighted by Gasteiger charge is -2.16. The molecule has 0 bridgehead atoms. The van der Waals surface area contributed by atoms with Gasteiger partial charge in [0, 0.05) is 5.56 Å². The summed E-state index contributed by atoms with van der Waals surface area (Å²) in [6.45, 7) is 8.69. The topological polar surface area (TPSA) is 47.6 Å². The molecule has 0 unspecified atom stereocenters. The minimum Gasteiger partial charge on any atom is -0.489 e. The van der Waals surface area contributed by atoms with E-state index in [4.69, 9.17) is 4.74 Å². The number of hydrogen-bond acceptors (Lipinski definition) is 3. The minimum absolute atomic E-state index is 0.387. The quantitative estimate of drug-likeness (QED) is 0.847. The molecule has 2 aromatic carbocycles. The van der Waals surface area contributed by atoms with Crippen LogP contribution in [-0.2, 0) is 17.8 Å². The fourth-order valence-electron chi connectivity index (χ4n) is 2.71. The van der Waals surface area contributed by atoms with Crippen molar-refractivity contribution in [1.82, 2.24) is 0 Å². The van der Waals surface area contributed by atoms with Crippen molar-refractivity contribution in [2.24, 2.45) is 0 Å². The van der Waals surface area contributed by atoms with Crippen LogP contribution in [-0.4, -0.2) is 13.2 Å². The highest BCUT2D eigenvalue weighted by atomic mass is 16.5. The molecule has 0 spiro atoms. The SMILES string of the molecule is CCc1cc(C)c(OCc2c(C)cccc2NC(=O)OC)cc1C. The summed E-state index contributed by atoms with van der Waals surface area (Å²) in [5.74, 6) is 0.872. The van der Waals surface area contributed by atoms with Crippen molar-refractivity contribution in [2.45, 2.75) is 40.7 Å². The van der Waals surface area contributed by atoms with Gasteiger partial charge in [0.1, 0.15) is 12.4 Å². The lowest BCUT2D eigenvalue weighted by atomic mass is 10.0. The maximum atomic E-state index is 11.5. The molecular weight excluding hydrogens is 302 g/mol. The Kier molecular flexibility index (Phi) is 5.85. The minimum atomic E-state index is -0.485. The number of rotatable bonds is 5. The van der Waals surface area contributed by atoms with Crippen LogP contribution in [0.5, 0.6) is 5.75 Å². The van der Waals surface area contributed by atoms with Crippen molar-refractivity contribution in [3.63, 3.8) is 0 Å². The molecule has 0 saturated carbocycles. The maximum Gasteiger partial charge on any atom is 0.411 e. The van der Waals surface area contributed by atoms with Gasteiger partial charge in [0.2, 0.25) is 0 Å². The van der Waals surface area contributed by atoms with Crippen molar-refractivity contribution < 1.29 is 14.3 Å². The smallest absolute Gasteiger partial charge is 0.411 e. The van der Waals surface area contributed by atoms with E-state index in [0.29, 0.717) is 12.3 Å². The highest BCUT2D eigenvalue weighted by molar-refractivity contribution is 5.85. The molecule has 0 aliphatic heterocycles. The van der Waals surface area contributed by atoms with Gasteiger partial charge in [-0.05, 0) is 61.6 Å². The molecule has 2 aromatic rings. The predicted molar refractivity (Wildman–Crippen MR) is 96.8 cm³/mol. The van der Waals surface area contributed by atoms with Crippen LogP contribution >= 0.6 is 0 Å². The number of aryl methyl sites for hydroxylation is 4. The molecule has 4 nitrogen and oxygen atoms in total. The zero-order valence-corrected chi connectivity index (χ0v) is 15.0. The summed E-state index contributed by atoms with van der Waals surface area (Å²) < 4.78 is 10.7. The Morgan fingerprint density at radius 2 is 1.83 bits per heavy atom. The molecule has 1 amide bonds. The zero-order chi connectivity index (χ0) is 17.7. The Bertz CT molecular complexity index is 738. The van der Waals surface area contributed by atoms with Gasteiger partial charge >= 0.3 is 6.09 Å². The van der Waals surface area contributed by atoms with Crippen molar-refractivity contribution >= 4 is 11.8 Å². The van der Waals surface area contributed by atoms with Crippen LogP contribution in [0.25, 0.3) is 0 Å². The Morgan fingerprint density at radius 3 is 2.50 bits per heavy atom. The molecule has 0 atom stereocenters. The van der Waals surface area contributed by atoms with Gasteiger partial charge < -0.3 is 9.47 Å². The van der Waals surface area contributed by atoms with Crippen molar-refractivity contribution in [3.05, 3.63) is 58.1 Å². The Balaban J connectivity index is 2.23. The predicted octanol–water partition coefficient (Wildman–Crippen LogP) is 4.93. The van der Waals surface area contributed by atoms with Gasteiger partial charge in [-0.1, -0.05) is 25.1 Å². The van der Waals surface area contributed by atoms with Gasteiger partial charge in [0.05, 0.1) is 12.8 Å². The van der Waals surface area contributed by atoms with Crippen molar-refractivity contribution in [1.29, 1.82) is 0 Å². The number of benzene rings is 2. The second-order valence-corrected chi connectivity index (χ2v) is 5.90. The average Bonchev–Trinajstić information content (AvgIpc) is 2.56. The van der Waals surface area contributed by atoms with Crippen LogP contribution in [0.3, 0.4) is 0 Å². The van der Waals surface area contributed by atoms with Crippen LogP contribution in [0.15, 0.2) is 30.3 Å². The van der Waals surface area contributed by atoms with Crippen LogP contribution in [0.1, 0.15) is 34.7 Å². The summed E-state index contributed by atoms with van der Waals surface area (Å²) in [7, 11) is 1.35. The third kappa shape index (κ3) is 4.07. The van der Waals surface area contributed by atoms with Gasteiger partial charge in [-0.2, -0.15) is 0 Å². The molecule has 24 heavy (non-hydrogen) atoms. The number of carbonyl (C=O) groups excluding carboxylic acids is 1. The van der Waals surface area contributed by atoms with Crippen LogP contribution in [0.2, 0.25) is 0 Å². The van der Waals surface area contributed by atoms with E-state index in [1.54, 1.807) is 0 Å². The fourth-order valence-corrected chi connectivity index (χ4v) is 2.71. The molecule has 0 aliphatic carbocycles. The largest absolute Gasteiger partial charge is 0.489 e. The molecule has 0 fully saturated rings. The van der Waals surface area contributed by atoms with Gasteiger partial charge in [0.15, 0.2) is 0 Å². The highest BCUT2D eigenvalue weighted by Crippen LogP contribution is 2.26. The van der Waals surface area contributed by atoms with Crippen molar-refractivity contribution in [2.75, 3.05) is 12.4 Å². The third-order valence-corrected chi connectivity index (χ3v) is 4.22. The highest BCUT2D eigenvalue weighted by Gasteiger charge is 2.11. The van der Waals surface area contributed by atoms with E-state index in [1.165, 1.54) is 18.2 Å². The molecule has 4 heteroatoms. The molecule has 0 aliphatic rings. The van der Waals surface area contributed by atoms with E-state index >= 15 is 0 Å². The van der Waals surface area contributed by atoms with E-state index in [9.17, 15) is 4.79 Å². The second-order valence-electron chi connectivity index (χ2n) is 5.90.